The van der Waals surface area contributed by atoms with Gasteiger partial charge < -0.3 is 10.2 Å². The van der Waals surface area contributed by atoms with E-state index in [0.717, 1.165) is 65.1 Å². The van der Waals surface area contributed by atoms with Crippen LogP contribution in [-0.4, -0.2) is 55.0 Å². The monoisotopic (exact) mass is 301 g/mol. The van der Waals surface area contributed by atoms with Crippen LogP contribution < -0.4 is 5.32 Å². The molecule has 0 bridgehead atoms. The standard InChI is InChI=1S/C18H27N3O/c22-18(17-7-9-19-10-8-17)21-12-4-11-20(13-14-21)15-16-5-2-1-3-6-16/h1-3,5-6,17,19H,4,7-15H2. The zero-order chi connectivity index (χ0) is 15.2. The summed E-state index contributed by atoms with van der Waals surface area (Å²) >= 11 is 0. The fourth-order valence-electron chi connectivity index (χ4n) is 3.52. The molecular weight excluding hydrogens is 274 g/mol. The Bertz CT molecular complexity index is 470. The molecule has 3 rings (SSSR count). The summed E-state index contributed by atoms with van der Waals surface area (Å²) in [5.41, 5.74) is 1.36. The maximum atomic E-state index is 12.7. The van der Waals surface area contributed by atoms with Crippen LogP contribution in [0.3, 0.4) is 0 Å². The summed E-state index contributed by atoms with van der Waals surface area (Å²) in [7, 11) is 0. The van der Waals surface area contributed by atoms with Crippen LogP contribution in [0.2, 0.25) is 0 Å². The van der Waals surface area contributed by atoms with Gasteiger partial charge in [0, 0.05) is 38.6 Å². The number of carbonyl (C=O) groups is 1. The normalized spacial score (nSPS) is 21.5. The Morgan fingerprint density at radius 2 is 1.82 bits per heavy atom. The Hall–Kier alpha value is -1.39. The molecule has 4 heteroatoms. The summed E-state index contributed by atoms with van der Waals surface area (Å²) in [6, 6.07) is 10.6. The lowest BCUT2D eigenvalue weighted by atomic mass is 9.96. The maximum Gasteiger partial charge on any atom is 0.225 e. The molecule has 2 aliphatic rings. The number of nitrogens with one attached hydrogen (secondary N) is 1. The van der Waals surface area contributed by atoms with Gasteiger partial charge in [-0.05, 0) is 37.9 Å². The SMILES string of the molecule is O=C(C1CCNCC1)N1CCCN(Cc2ccccc2)CC1. The van der Waals surface area contributed by atoms with Gasteiger partial charge in [-0.3, -0.25) is 9.69 Å². The third kappa shape index (κ3) is 4.08. The smallest absolute Gasteiger partial charge is 0.225 e. The lowest BCUT2D eigenvalue weighted by Gasteiger charge is -2.29. The number of nitrogens with zero attached hydrogens (tertiary/aromatic N) is 2. The van der Waals surface area contributed by atoms with Crippen molar-refractivity contribution in [2.45, 2.75) is 25.8 Å². The van der Waals surface area contributed by atoms with E-state index in [1.165, 1.54) is 5.56 Å². The van der Waals surface area contributed by atoms with Gasteiger partial charge in [-0.25, -0.2) is 0 Å². The summed E-state index contributed by atoms with van der Waals surface area (Å²) in [4.78, 5) is 17.2. The van der Waals surface area contributed by atoms with E-state index in [1.807, 2.05) is 0 Å². The number of benzene rings is 1. The van der Waals surface area contributed by atoms with Crippen LogP contribution in [0.1, 0.15) is 24.8 Å². The molecule has 1 aromatic carbocycles. The van der Waals surface area contributed by atoms with Crippen molar-refractivity contribution in [3.63, 3.8) is 0 Å². The molecule has 1 N–H and O–H groups in total. The zero-order valence-corrected chi connectivity index (χ0v) is 13.3. The van der Waals surface area contributed by atoms with Crippen molar-refractivity contribution in [2.75, 3.05) is 39.3 Å². The summed E-state index contributed by atoms with van der Waals surface area (Å²) in [6.45, 7) is 6.87. The Labute approximate surface area is 133 Å². The van der Waals surface area contributed by atoms with Gasteiger partial charge in [-0.2, -0.15) is 0 Å². The van der Waals surface area contributed by atoms with Crippen molar-refractivity contribution in [1.29, 1.82) is 0 Å². The van der Waals surface area contributed by atoms with E-state index in [1.54, 1.807) is 0 Å². The summed E-state index contributed by atoms with van der Waals surface area (Å²) < 4.78 is 0. The fraction of sp³-hybridized carbons (Fsp3) is 0.611. The summed E-state index contributed by atoms with van der Waals surface area (Å²) in [5.74, 6) is 0.644. The molecule has 0 spiro atoms. The Balaban J connectivity index is 1.52. The Kier molecular flexibility index (Phi) is 5.46. The molecule has 2 saturated heterocycles. The number of rotatable bonds is 3. The molecule has 0 aliphatic carbocycles. The van der Waals surface area contributed by atoms with Crippen LogP contribution in [0.25, 0.3) is 0 Å². The van der Waals surface area contributed by atoms with Gasteiger partial charge in [0.15, 0.2) is 0 Å². The van der Waals surface area contributed by atoms with Crippen molar-refractivity contribution >= 4 is 5.91 Å². The summed E-state index contributed by atoms with van der Waals surface area (Å²) in [5, 5.41) is 3.34. The molecule has 0 radical (unpaired) electrons. The third-order valence-electron chi connectivity index (χ3n) is 4.84. The van der Waals surface area contributed by atoms with Crippen LogP contribution in [0.5, 0.6) is 0 Å². The molecule has 2 aliphatic heterocycles. The molecule has 1 aromatic rings. The quantitative estimate of drug-likeness (QED) is 0.923. The van der Waals surface area contributed by atoms with Crippen molar-refractivity contribution in [2.24, 2.45) is 5.92 Å². The second-order valence-electron chi connectivity index (χ2n) is 6.46. The van der Waals surface area contributed by atoms with Gasteiger partial charge >= 0.3 is 0 Å². The van der Waals surface area contributed by atoms with Crippen molar-refractivity contribution in [1.82, 2.24) is 15.1 Å². The van der Waals surface area contributed by atoms with Crippen LogP contribution in [0, 0.1) is 5.92 Å². The minimum Gasteiger partial charge on any atom is -0.341 e. The Morgan fingerprint density at radius 1 is 1.05 bits per heavy atom. The van der Waals surface area contributed by atoms with Gasteiger partial charge in [-0.15, -0.1) is 0 Å². The lowest BCUT2D eigenvalue weighted by Crippen LogP contribution is -2.42. The molecule has 120 valence electrons. The molecule has 0 aromatic heterocycles. The second-order valence-corrected chi connectivity index (χ2v) is 6.46. The minimum absolute atomic E-state index is 0.252. The van der Waals surface area contributed by atoms with Crippen LogP contribution in [0.15, 0.2) is 30.3 Å². The Morgan fingerprint density at radius 3 is 2.59 bits per heavy atom. The predicted octanol–water partition coefficient (Wildman–Crippen LogP) is 1.72. The van der Waals surface area contributed by atoms with Gasteiger partial charge in [0.1, 0.15) is 0 Å². The zero-order valence-electron chi connectivity index (χ0n) is 13.3. The van der Waals surface area contributed by atoms with Crippen LogP contribution in [0.4, 0.5) is 0 Å². The minimum atomic E-state index is 0.252. The van der Waals surface area contributed by atoms with E-state index in [0.29, 0.717) is 5.91 Å². The van der Waals surface area contributed by atoms with E-state index >= 15 is 0 Å². The average Bonchev–Trinajstić information content (AvgIpc) is 2.82. The molecule has 0 unspecified atom stereocenters. The highest BCUT2D eigenvalue weighted by Crippen LogP contribution is 2.17. The van der Waals surface area contributed by atoms with Gasteiger partial charge in [0.2, 0.25) is 5.91 Å². The molecule has 2 fully saturated rings. The first-order valence-electron chi connectivity index (χ1n) is 8.59. The first kappa shape index (κ1) is 15.5. The second kappa shape index (κ2) is 7.75. The molecule has 4 nitrogen and oxygen atoms in total. The van der Waals surface area contributed by atoms with E-state index in [-0.39, 0.29) is 5.92 Å². The van der Waals surface area contributed by atoms with Crippen molar-refractivity contribution < 1.29 is 4.79 Å². The largest absolute Gasteiger partial charge is 0.341 e. The highest BCUT2D eigenvalue weighted by molar-refractivity contribution is 5.79. The lowest BCUT2D eigenvalue weighted by molar-refractivity contribution is -0.136. The first-order chi connectivity index (χ1) is 10.8. The molecular formula is C18H27N3O. The van der Waals surface area contributed by atoms with Crippen LogP contribution in [-0.2, 0) is 11.3 Å². The van der Waals surface area contributed by atoms with Gasteiger partial charge in [0.25, 0.3) is 0 Å². The topological polar surface area (TPSA) is 35.6 Å². The van der Waals surface area contributed by atoms with Crippen LogP contribution >= 0.6 is 0 Å². The van der Waals surface area contributed by atoms with Gasteiger partial charge in [-0.1, -0.05) is 30.3 Å². The first-order valence-corrected chi connectivity index (χ1v) is 8.59. The number of amides is 1. The average molecular weight is 301 g/mol. The fourth-order valence-corrected chi connectivity index (χ4v) is 3.52. The molecule has 0 atom stereocenters. The molecule has 22 heavy (non-hydrogen) atoms. The highest BCUT2D eigenvalue weighted by atomic mass is 16.2. The number of carbonyl (C=O) groups excluding carboxylic acids is 1. The number of hydrogen-bond donors (Lipinski definition) is 1. The number of piperidine rings is 1. The molecule has 1 amide bonds. The number of hydrogen-bond acceptors (Lipinski definition) is 3. The van der Waals surface area contributed by atoms with Gasteiger partial charge in [0.05, 0.1) is 0 Å². The van der Waals surface area contributed by atoms with E-state index in [9.17, 15) is 4.79 Å². The van der Waals surface area contributed by atoms with E-state index < -0.39 is 0 Å². The van der Waals surface area contributed by atoms with E-state index in [2.05, 4.69) is 45.4 Å². The third-order valence-corrected chi connectivity index (χ3v) is 4.84. The predicted molar refractivity (Wildman–Crippen MR) is 88.5 cm³/mol. The van der Waals surface area contributed by atoms with E-state index in [4.69, 9.17) is 0 Å². The summed E-state index contributed by atoms with van der Waals surface area (Å²) in [6.07, 6.45) is 3.09. The maximum absolute atomic E-state index is 12.7. The molecule has 0 saturated carbocycles. The highest BCUT2D eigenvalue weighted by Gasteiger charge is 2.27. The van der Waals surface area contributed by atoms with Crippen molar-refractivity contribution in [3.05, 3.63) is 35.9 Å². The molecule has 2 heterocycles. The van der Waals surface area contributed by atoms with Crippen molar-refractivity contribution in [3.8, 4) is 0 Å².